The number of aromatic nitrogens is 3. The summed E-state index contributed by atoms with van der Waals surface area (Å²) in [6, 6.07) is 3.42. The molecule has 0 spiro atoms. The Morgan fingerprint density at radius 2 is 2.33 bits per heavy atom. The molecule has 0 saturated heterocycles. The monoisotopic (exact) mass is 330 g/mol. The van der Waals surface area contributed by atoms with E-state index in [1.807, 2.05) is 17.9 Å². The normalized spacial score (nSPS) is 16.5. The number of hydrogen-bond donors (Lipinski definition) is 1. The van der Waals surface area contributed by atoms with Gasteiger partial charge in [-0.2, -0.15) is 5.10 Å². The molecule has 1 aliphatic carbocycles. The molecule has 7 nitrogen and oxygen atoms in total. The molecule has 0 aromatic carbocycles. The van der Waals surface area contributed by atoms with Crippen molar-refractivity contribution in [3.63, 3.8) is 0 Å². The number of hydrogen-bond acceptors (Lipinski definition) is 5. The van der Waals surface area contributed by atoms with Gasteiger partial charge in [-0.15, -0.1) is 0 Å². The summed E-state index contributed by atoms with van der Waals surface area (Å²) in [4.78, 5) is 16.9. The van der Waals surface area contributed by atoms with E-state index in [1.165, 1.54) is 5.69 Å². The van der Waals surface area contributed by atoms with E-state index >= 15 is 0 Å². The van der Waals surface area contributed by atoms with Crippen LogP contribution in [0.5, 0.6) is 5.88 Å². The Balaban J connectivity index is 1.74. The highest BCUT2D eigenvalue weighted by Crippen LogP contribution is 2.29. The van der Waals surface area contributed by atoms with Crippen LogP contribution in [0.3, 0.4) is 0 Å². The molecule has 0 bridgehead atoms. The molecule has 1 atom stereocenters. The van der Waals surface area contributed by atoms with Gasteiger partial charge in [-0.25, -0.2) is 4.98 Å². The first-order chi connectivity index (χ1) is 11.7. The molecule has 2 aromatic rings. The Kier molecular flexibility index (Phi) is 5.10. The first-order valence-corrected chi connectivity index (χ1v) is 8.09. The largest absolute Gasteiger partial charge is 0.475 e. The van der Waals surface area contributed by atoms with Crippen molar-refractivity contribution in [1.82, 2.24) is 20.1 Å². The summed E-state index contributed by atoms with van der Waals surface area (Å²) < 4.78 is 12.4. The molecule has 0 radical (unpaired) electrons. The molecular weight excluding hydrogens is 308 g/mol. The lowest BCUT2D eigenvalue weighted by Gasteiger charge is -2.24. The first kappa shape index (κ1) is 16.4. The fraction of sp³-hybridized carbons (Fsp3) is 0.471. The number of fused-ring (bicyclic) bond motifs is 1. The van der Waals surface area contributed by atoms with Gasteiger partial charge in [0.15, 0.2) is 0 Å². The minimum Gasteiger partial charge on any atom is -0.475 e. The molecule has 0 aliphatic heterocycles. The maximum atomic E-state index is 12.7. The number of amides is 1. The molecule has 7 heteroatoms. The fourth-order valence-electron chi connectivity index (χ4n) is 2.99. The molecule has 0 fully saturated rings. The summed E-state index contributed by atoms with van der Waals surface area (Å²) in [6.07, 6.45) is 6.39. The number of pyridine rings is 1. The van der Waals surface area contributed by atoms with Gasteiger partial charge in [0, 0.05) is 31.6 Å². The van der Waals surface area contributed by atoms with E-state index < -0.39 is 0 Å². The third-order valence-corrected chi connectivity index (χ3v) is 4.22. The summed E-state index contributed by atoms with van der Waals surface area (Å²) >= 11 is 0. The zero-order valence-electron chi connectivity index (χ0n) is 14.0. The van der Waals surface area contributed by atoms with Gasteiger partial charge in [-0.1, -0.05) is 0 Å². The van der Waals surface area contributed by atoms with E-state index in [4.69, 9.17) is 9.47 Å². The second kappa shape index (κ2) is 7.44. The average Bonchev–Trinajstić information content (AvgIpc) is 2.98. The molecule has 3 rings (SSSR count). The first-order valence-electron chi connectivity index (χ1n) is 8.09. The van der Waals surface area contributed by atoms with Crippen molar-refractivity contribution in [2.75, 3.05) is 20.3 Å². The molecule has 1 aliphatic rings. The van der Waals surface area contributed by atoms with Crippen LogP contribution < -0.4 is 10.1 Å². The molecule has 1 N–H and O–H groups in total. The number of nitrogens with zero attached hydrogens (tertiary/aromatic N) is 3. The second-order valence-corrected chi connectivity index (χ2v) is 5.79. The quantitative estimate of drug-likeness (QED) is 0.815. The van der Waals surface area contributed by atoms with E-state index in [-0.39, 0.29) is 11.9 Å². The average molecular weight is 330 g/mol. The highest BCUT2D eigenvalue weighted by atomic mass is 16.5. The fourth-order valence-corrected chi connectivity index (χ4v) is 2.99. The molecule has 128 valence electrons. The molecule has 0 unspecified atom stereocenters. The van der Waals surface area contributed by atoms with Crippen LogP contribution in [-0.4, -0.2) is 41.0 Å². The Morgan fingerprint density at radius 1 is 1.46 bits per heavy atom. The smallest absolute Gasteiger partial charge is 0.257 e. The second-order valence-electron chi connectivity index (χ2n) is 5.79. The van der Waals surface area contributed by atoms with Gasteiger partial charge in [0.1, 0.15) is 12.2 Å². The molecule has 2 aromatic heterocycles. The van der Waals surface area contributed by atoms with Crippen LogP contribution in [0.1, 0.15) is 40.5 Å². The topological polar surface area (TPSA) is 78.3 Å². The van der Waals surface area contributed by atoms with E-state index in [9.17, 15) is 4.79 Å². The van der Waals surface area contributed by atoms with E-state index in [1.54, 1.807) is 25.4 Å². The van der Waals surface area contributed by atoms with Gasteiger partial charge in [-0.05, 0) is 31.4 Å². The van der Waals surface area contributed by atoms with Crippen molar-refractivity contribution in [1.29, 1.82) is 0 Å². The number of ether oxygens (including phenoxy) is 2. The Bertz CT molecular complexity index is 714. The molecule has 1 amide bonds. The summed E-state index contributed by atoms with van der Waals surface area (Å²) in [6.45, 7) is 0.795. The highest BCUT2D eigenvalue weighted by Gasteiger charge is 2.26. The molecule has 2 heterocycles. The van der Waals surface area contributed by atoms with Gasteiger partial charge in [-0.3, -0.25) is 9.48 Å². The van der Waals surface area contributed by atoms with Crippen molar-refractivity contribution in [3.05, 3.63) is 41.3 Å². The number of methoxy groups -OCH3 is 1. The summed E-state index contributed by atoms with van der Waals surface area (Å²) in [5.74, 6) is 0.145. The van der Waals surface area contributed by atoms with Crippen LogP contribution in [0, 0.1) is 0 Å². The third-order valence-electron chi connectivity index (χ3n) is 4.22. The van der Waals surface area contributed by atoms with E-state index in [0.29, 0.717) is 24.7 Å². The number of rotatable bonds is 6. The number of carbonyl (C=O) groups excluding carboxylic acids is 1. The zero-order chi connectivity index (χ0) is 16.9. The summed E-state index contributed by atoms with van der Waals surface area (Å²) in [5, 5.41) is 7.40. The Hall–Kier alpha value is -2.41. The predicted octanol–water partition coefficient (Wildman–Crippen LogP) is 1.65. The van der Waals surface area contributed by atoms with Crippen LogP contribution in [0.25, 0.3) is 0 Å². The van der Waals surface area contributed by atoms with Crippen LogP contribution in [0.15, 0.2) is 24.5 Å². The van der Waals surface area contributed by atoms with E-state index in [0.717, 1.165) is 24.8 Å². The molecule has 0 saturated carbocycles. The van der Waals surface area contributed by atoms with Crippen molar-refractivity contribution in [3.8, 4) is 5.88 Å². The van der Waals surface area contributed by atoms with Crippen LogP contribution in [-0.2, 0) is 18.2 Å². The lowest BCUT2D eigenvalue weighted by atomic mass is 9.93. The van der Waals surface area contributed by atoms with Crippen LogP contribution in [0.4, 0.5) is 0 Å². The number of nitrogens with one attached hydrogen (secondary N) is 1. The van der Waals surface area contributed by atoms with Crippen molar-refractivity contribution < 1.29 is 14.3 Å². The maximum absolute atomic E-state index is 12.7. The SMILES string of the molecule is COCCOc1ncccc1C(=O)N[C@@H]1CCCc2c1cnn2C. The summed E-state index contributed by atoms with van der Waals surface area (Å²) in [5.41, 5.74) is 2.72. The summed E-state index contributed by atoms with van der Waals surface area (Å²) in [7, 11) is 3.54. The van der Waals surface area contributed by atoms with Crippen LogP contribution >= 0.6 is 0 Å². The van der Waals surface area contributed by atoms with Crippen LogP contribution in [0.2, 0.25) is 0 Å². The van der Waals surface area contributed by atoms with E-state index in [2.05, 4.69) is 15.4 Å². The van der Waals surface area contributed by atoms with Crippen molar-refractivity contribution in [2.24, 2.45) is 7.05 Å². The van der Waals surface area contributed by atoms with Gasteiger partial charge < -0.3 is 14.8 Å². The minimum absolute atomic E-state index is 0.0259. The molecule has 24 heavy (non-hydrogen) atoms. The van der Waals surface area contributed by atoms with Gasteiger partial charge in [0.25, 0.3) is 5.91 Å². The van der Waals surface area contributed by atoms with Crippen molar-refractivity contribution in [2.45, 2.75) is 25.3 Å². The van der Waals surface area contributed by atoms with Gasteiger partial charge in [0.05, 0.1) is 18.8 Å². The van der Waals surface area contributed by atoms with Gasteiger partial charge in [0.2, 0.25) is 5.88 Å². The Labute approximate surface area is 141 Å². The standard InChI is InChI=1S/C17H22N4O3/c1-21-15-7-3-6-14(13(15)11-19-21)20-16(22)12-5-4-8-18-17(12)24-10-9-23-2/h4-5,8,11,14H,3,6-7,9-10H2,1-2H3,(H,20,22)/t14-/m1/s1. The Morgan fingerprint density at radius 3 is 3.17 bits per heavy atom. The molecular formula is C17H22N4O3. The maximum Gasteiger partial charge on any atom is 0.257 e. The lowest BCUT2D eigenvalue weighted by Crippen LogP contribution is -2.31. The highest BCUT2D eigenvalue weighted by molar-refractivity contribution is 5.96. The minimum atomic E-state index is -0.183. The number of carbonyl (C=O) groups is 1. The lowest BCUT2D eigenvalue weighted by molar-refractivity contribution is 0.0923. The number of aryl methyl sites for hydroxylation is 1. The zero-order valence-corrected chi connectivity index (χ0v) is 14.0. The third kappa shape index (κ3) is 3.41. The van der Waals surface area contributed by atoms with Gasteiger partial charge >= 0.3 is 0 Å². The predicted molar refractivity (Wildman–Crippen MR) is 88.0 cm³/mol. The van der Waals surface area contributed by atoms with Crippen molar-refractivity contribution >= 4 is 5.91 Å².